The van der Waals surface area contributed by atoms with E-state index in [0.717, 1.165) is 56.4 Å². The topological polar surface area (TPSA) is 46.3 Å². The minimum absolute atomic E-state index is 0.369. The number of amides is 1. The van der Waals surface area contributed by atoms with Gasteiger partial charge in [-0.3, -0.25) is 4.79 Å². The van der Waals surface area contributed by atoms with Gasteiger partial charge in [0.05, 0.1) is 0 Å². The van der Waals surface area contributed by atoms with Crippen molar-refractivity contribution in [2.24, 2.45) is 29.4 Å². The summed E-state index contributed by atoms with van der Waals surface area (Å²) in [4.78, 5) is 14.4. The maximum atomic E-state index is 12.4. The Morgan fingerprint density at radius 2 is 1.85 bits per heavy atom. The van der Waals surface area contributed by atoms with Crippen LogP contribution in [0.15, 0.2) is 0 Å². The molecule has 3 atom stereocenters. The fourth-order valence-corrected chi connectivity index (χ4v) is 4.85. The van der Waals surface area contributed by atoms with Crippen LogP contribution in [-0.2, 0) is 4.79 Å². The van der Waals surface area contributed by atoms with Crippen LogP contribution in [0.4, 0.5) is 0 Å². The molecule has 1 amide bonds. The van der Waals surface area contributed by atoms with Gasteiger partial charge in [-0.2, -0.15) is 0 Å². The summed E-state index contributed by atoms with van der Waals surface area (Å²) in [5.41, 5.74) is 5.94. The Morgan fingerprint density at radius 3 is 2.45 bits per heavy atom. The minimum atomic E-state index is 0.369. The van der Waals surface area contributed by atoms with Crippen LogP contribution in [-0.4, -0.2) is 30.4 Å². The Labute approximate surface area is 123 Å². The molecule has 0 spiro atoms. The second-order valence-corrected chi connectivity index (χ2v) is 7.69. The van der Waals surface area contributed by atoms with Gasteiger partial charge in [0.25, 0.3) is 0 Å². The molecule has 3 aliphatic carbocycles. The summed E-state index contributed by atoms with van der Waals surface area (Å²) in [5.74, 6) is 3.65. The number of fused-ring (bicyclic) bond motifs is 2. The third-order valence-corrected chi connectivity index (χ3v) is 6.17. The smallest absolute Gasteiger partial charge is 0.222 e. The molecular formula is C17H30N2O. The van der Waals surface area contributed by atoms with Crippen molar-refractivity contribution >= 4 is 5.91 Å². The van der Waals surface area contributed by atoms with E-state index in [2.05, 4.69) is 0 Å². The van der Waals surface area contributed by atoms with Crippen LogP contribution >= 0.6 is 0 Å². The fraction of sp³-hybridized carbons (Fsp3) is 0.941. The van der Waals surface area contributed by atoms with Crippen molar-refractivity contribution in [3.8, 4) is 0 Å². The largest absolute Gasteiger partial charge is 0.345 e. The zero-order chi connectivity index (χ0) is 14.1. The number of carbonyl (C=O) groups is 1. The Morgan fingerprint density at radius 1 is 1.10 bits per heavy atom. The lowest BCUT2D eigenvalue weighted by Gasteiger charge is -2.30. The molecule has 2 bridgehead atoms. The first kappa shape index (κ1) is 14.4. The lowest BCUT2D eigenvalue weighted by molar-refractivity contribution is -0.132. The number of nitrogens with zero attached hydrogens (tertiary/aromatic N) is 1. The van der Waals surface area contributed by atoms with Gasteiger partial charge in [-0.25, -0.2) is 0 Å². The van der Waals surface area contributed by atoms with Crippen LogP contribution in [0, 0.1) is 23.7 Å². The zero-order valence-electron chi connectivity index (χ0n) is 12.9. The average molecular weight is 278 g/mol. The monoisotopic (exact) mass is 278 g/mol. The Kier molecular flexibility index (Phi) is 4.34. The Hall–Kier alpha value is -0.570. The van der Waals surface area contributed by atoms with E-state index >= 15 is 0 Å². The van der Waals surface area contributed by atoms with E-state index in [1.807, 2.05) is 11.9 Å². The van der Waals surface area contributed by atoms with E-state index in [1.54, 1.807) is 0 Å². The van der Waals surface area contributed by atoms with E-state index in [1.165, 1.54) is 25.7 Å². The van der Waals surface area contributed by atoms with Gasteiger partial charge in [-0.05, 0) is 68.6 Å². The lowest BCUT2D eigenvalue weighted by atomic mass is 9.84. The lowest BCUT2D eigenvalue weighted by Crippen LogP contribution is -2.35. The van der Waals surface area contributed by atoms with Gasteiger partial charge in [0.1, 0.15) is 0 Å². The predicted octanol–water partition coefficient (Wildman–Crippen LogP) is 2.79. The predicted molar refractivity (Wildman–Crippen MR) is 81.1 cm³/mol. The molecule has 0 saturated heterocycles. The number of carbonyl (C=O) groups excluding carboxylic acids is 1. The van der Waals surface area contributed by atoms with Crippen LogP contribution in [0.5, 0.6) is 0 Å². The SMILES string of the molecule is CN(CC1CC2CCC1C2)C(=O)CC1CCC(N)CC1. The summed E-state index contributed by atoms with van der Waals surface area (Å²) in [6.45, 7) is 1.01. The standard InChI is InChI=1S/C17H30N2O/c1-19(11-15-9-13-2-5-14(15)8-13)17(20)10-12-3-6-16(18)7-4-12/h12-16H,2-11,18H2,1H3. The normalized spacial score (nSPS) is 40.0. The first-order valence-corrected chi connectivity index (χ1v) is 8.61. The highest BCUT2D eigenvalue weighted by atomic mass is 16.2. The van der Waals surface area contributed by atoms with Gasteiger partial charge in [-0.1, -0.05) is 6.42 Å². The summed E-state index contributed by atoms with van der Waals surface area (Å²) in [5, 5.41) is 0. The highest BCUT2D eigenvalue weighted by Crippen LogP contribution is 2.48. The molecule has 2 N–H and O–H groups in total. The van der Waals surface area contributed by atoms with Crippen LogP contribution in [0.3, 0.4) is 0 Å². The van der Waals surface area contributed by atoms with Gasteiger partial charge in [0.2, 0.25) is 5.91 Å². The first-order valence-electron chi connectivity index (χ1n) is 8.61. The number of hydrogen-bond acceptors (Lipinski definition) is 2. The summed E-state index contributed by atoms with van der Waals surface area (Å²) >= 11 is 0. The van der Waals surface area contributed by atoms with Crippen molar-refractivity contribution in [1.82, 2.24) is 4.90 Å². The maximum absolute atomic E-state index is 12.4. The molecule has 3 fully saturated rings. The third-order valence-electron chi connectivity index (χ3n) is 6.17. The van der Waals surface area contributed by atoms with Crippen LogP contribution in [0.25, 0.3) is 0 Å². The van der Waals surface area contributed by atoms with E-state index in [4.69, 9.17) is 5.73 Å². The molecule has 3 unspecified atom stereocenters. The zero-order valence-corrected chi connectivity index (χ0v) is 12.9. The fourth-order valence-electron chi connectivity index (χ4n) is 4.85. The number of hydrogen-bond donors (Lipinski definition) is 1. The molecule has 3 saturated carbocycles. The Balaban J connectivity index is 1.42. The van der Waals surface area contributed by atoms with Gasteiger partial charge >= 0.3 is 0 Å². The van der Waals surface area contributed by atoms with Crippen LogP contribution < -0.4 is 5.73 Å². The van der Waals surface area contributed by atoms with Crippen molar-refractivity contribution in [2.75, 3.05) is 13.6 Å². The molecule has 0 aromatic heterocycles. The van der Waals surface area contributed by atoms with Crippen molar-refractivity contribution in [2.45, 2.75) is 63.8 Å². The highest BCUT2D eigenvalue weighted by molar-refractivity contribution is 5.76. The summed E-state index contributed by atoms with van der Waals surface area (Å²) < 4.78 is 0. The molecule has 3 rings (SSSR count). The second-order valence-electron chi connectivity index (χ2n) is 7.69. The summed E-state index contributed by atoms with van der Waals surface area (Å²) in [7, 11) is 2.02. The maximum Gasteiger partial charge on any atom is 0.222 e. The molecule has 0 aromatic rings. The van der Waals surface area contributed by atoms with Crippen molar-refractivity contribution in [3.63, 3.8) is 0 Å². The summed E-state index contributed by atoms with van der Waals surface area (Å²) in [6.07, 6.45) is 10.9. The van der Waals surface area contributed by atoms with Crippen LogP contribution in [0.2, 0.25) is 0 Å². The van der Waals surface area contributed by atoms with E-state index in [0.29, 0.717) is 17.9 Å². The molecular weight excluding hydrogens is 248 g/mol. The molecule has 0 aliphatic heterocycles. The molecule has 3 aliphatic rings. The van der Waals surface area contributed by atoms with Gasteiger partial charge in [-0.15, -0.1) is 0 Å². The van der Waals surface area contributed by atoms with E-state index in [9.17, 15) is 4.79 Å². The molecule has 20 heavy (non-hydrogen) atoms. The van der Waals surface area contributed by atoms with Crippen molar-refractivity contribution < 1.29 is 4.79 Å². The molecule has 0 heterocycles. The van der Waals surface area contributed by atoms with Crippen molar-refractivity contribution in [1.29, 1.82) is 0 Å². The van der Waals surface area contributed by atoms with Gasteiger partial charge < -0.3 is 10.6 Å². The first-order chi connectivity index (χ1) is 9.61. The number of nitrogens with two attached hydrogens (primary N) is 1. The molecule has 3 heteroatoms. The summed E-state index contributed by atoms with van der Waals surface area (Å²) in [6, 6.07) is 0.383. The molecule has 114 valence electrons. The Bertz CT molecular complexity index is 349. The van der Waals surface area contributed by atoms with Gasteiger partial charge in [0, 0.05) is 26.1 Å². The van der Waals surface area contributed by atoms with Gasteiger partial charge in [0.15, 0.2) is 0 Å². The van der Waals surface area contributed by atoms with Crippen LogP contribution in [0.1, 0.15) is 57.8 Å². The molecule has 0 radical (unpaired) electrons. The third kappa shape index (κ3) is 3.19. The second kappa shape index (κ2) is 6.05. The number of rotatable bonds is 4. The quantitative estimate of drug-likeness (QED) is 0.859. The minimum Gasteiger partial charge on any atom is -0.345 e. The average Bonchev–Trinajstić information content (AvgIpc) is 3.03. The van der Waals surface area contributed by atoms with E-state index in [-0.39, 0.29) is 0 Å². The molecule has 0 aromatic carbocycles. The van der Waals surface area contributed by atoms with E-state index < -0.39 is 0 Å². The van der Waals surface area contributed by atoms with Crippen molar-refractivity contribution in [3.05, 3.63) is 0 Å². The highest BCUT2D eigenvalue weighted by Gasteiger charge is 2.40. The molecule has 3 nitrogen and oxygen atoms in total.